The highest BCUT2D eigenvalue weighted by Crippen LogP contribution is 2.35. The van der Waals surface area contributed by atoms with Crippen LogP contribution in [0.5, 0.6) is 11.5 Å². The van der Waals surface area contributed by atoms with Gasteiger partial charge in [0.05, 0.1) is 6.61 Å². The molecule has 0 N–H and O–H groups in total. The molecule has 2 amide bonds. The minimum atomic E-state index is -0.439. The van der Waals surface area contributed by atoms with Gasteiger partial charge in [-0.3, -0.25) is 19.4 Å². The highest BCUT2D eigenvalue weighted by Gasteiger charge is 2.35. The van der Waals surface area contributed by atoms with E-state index in [-0.39, 0.29) is 10.7 Å². The van der Waals surface area contributed by atoms with Gasteiger partial charge in [-0.15, -0.1) is 6.58 Å². The second kappa shape index (κ2) is 10.2. The number of carbonyl (C=O) groups is 2. The number of benzene rings is 2. The molecule has 1 fully saturated rings. The average molecular weight is 451 g/mol. The van der Waals surface area contributed by atoms with Crippen molar-refractivity contribution in [3.63, 3.8) is 0 Å². The Morgan fingerprint density at radius 3 is 2.28 bits per heavy atom. The fourth-order valence-electron chi connectivity index (χ4n) is 3.37. The van der Waals surface area contributed by atoms with E-state index in [1.54, 1.807) is 32.3 Å². The summed E-state index contributed by atoms with van der Waals surface area (Å²) in [6.07, 6.45) is 3.87. The molecule has 0 spiro atoms. The fraction of sp³-hybridized carbons (Fsp3) is 0.240. The van der Waals surface area contributed by atoms with Crippen molar-refractivity contribution in [1.29, 1.82) is 0 Å². The molecule has 0 radical (unpaired) electrons. The first-order valence-corrected chi connectivity index (χ1v) is 10.7. The van der Waals surface area contributed by atoms with Gasteiger partial charge >= 0.3 is 0 Å². The van der Waals surface area contributed by atoms with Gasteiger partial charge in [-0.05, 0) is 54.9 Å². The minimum absolute atomic E-state index is 0.0357. The first-order chi connectivity index (χ1) is 15.4. The van der Waals surface area contributed by atoms with Gasteiger partial charge in [0.15, 0.2) is 16.6 Å². The van der Waals surface area contributed by atoms with E-state index in [0.717, 1.165) is 11.1 Å². The molecule has 0 aliphatic carbocycles. The van der Waals surface area contributed by atoms with E-state index in [2.05, 4.69) is 6.58 Å². The summed E-state index contributed by atoms with van der Waals surface area (Å²) in [5, 5.41) is 0.171. The molecule has 0 unspecified atom stereocenters. The van der Waals surface area contributed by atoms with Crippen molar-refractivity contribution in [3.8, 4) is 11.5 Å². The van der Waals surface area contributed by atoms with E-state index < -0.39 is 11.8 Å². The van der Waals surface area contributed by atoms with E-state index in [1.165, 1.54) is 9.80 Å². The first kappa shape index (κ1) is 23.2. The molecule has 0 atom stereocenters. The Labute approximate surface area is 193 Å². The third-order valence-corrected chi connectivity index (χ3v) is 5.55. The van der Waals surface area contributed by atoms with Gasteiger partial charge in [0.25, 0.3) is 11.8 Å². The molecule has 6 nitrogen and oxygen atoms in total. The van der Waals surface area contributed by atoms with Crippen LogP contribution in [0.4, 0.5) is 0 Å². The van der Waals surface area contributed by atoms with E-state index in [4.69, 9.17) is 21.7 Å². The van der Waals surface area contributed by atoms with Crippen molar-refractivity contribution in [2.24, 2.45) is 0 Å². The quantitative estimate of drug-likeness (QED) is 0.263. The molecule has 1 saturated heterocycles. The Balaban J connectivity index is 2.02. The monoisotopic (exact) mass is 450 g/mol. The van der Waals surface area contributed by atoms with Crippen molar-refractivity contribution in [2.45, 2.75) is 20.0 Å². The third kappa shape index (κ3) is 4.89. The van der Waals surface area contributed by atoms with Gasteiger partial charge in [0, 0.05) is 19.7 Å². The predicted molar refractivity (Wildman–Crippen MR) is 128 cm³/mol. The molecule has 166 valence electrons. The Morgan fingerprint density at radius 2 is 1.69 bits per heavy atom. The van der Waals surface area contributed by atoms with Crippen LogP contribution in [0.3, 0.4) is 0 Å². The van der Waals surface area contributed by atoms with Crippen LogP contribution in [0.15, 0.2) is 60.7 Å². The summed E-state index contributed by atoms with van der Waals surface area (Å²) in [6, 6.07) is 13.5. The van der Waals surface area contributed by atoms with Crippen LogP contribution in [0.1, 0.15) is 23.6 Å². The zero-order valence-electron chi connectivity index (χ0n) is 18.5. The van der Waals surface area contributed by atoms with Gasteiger partial charge in [-0.25, -0.2) is 0 Å². The Bertz CT molecular complexity index is 1050. The van der Waals surface area contributed by atoms with Crippen LogP contribution in [0.25, 0.3) is 6.08 Å². The highest BCUT2D eigenvalue weighted by atomic mass is 32.1. The Hall–Kier alpha value is -3.45. The molecule has 0 saturated carbocycles. The molecule has 2 aromatic rings. The van der Waals surface area contributed by atoms with Crippen molar-refractivity contribution in [1.82, 2.24) is 9.80 Å². The largest absolute Gasteiger partial charge is 0.490 e. The van der Waals surface area contributed by atoms with Gasteiger partial charge in [0.1, 0.15) is 12.2 Å². The van der Waals surface area contributed by atoms with Crippen LogP contribution in [-0.2, 0) is 22.6 Å². The SMILES string of the molecule is C=CCc1cc(C=C2C(=O)N(C)C(=S)N(C)C2=O)cc(OCC)c1OCc1ccccc1. The van der Waals surface area contributed by atoms with Gasteiger partial charge in [-0.2, -0.15) is 0 Å². The third-order valence-electron chi connectivity index (χ3n) is 5.00. The number of thiocarbonyl (C=S) groups is 1. The lowest BCUT2D eigenvalue weighted by molar-refractivity contribution is -0.132. The predicted octanol–water partition coefficient (Wildman–Crippen LogP) is 3.99. The number of hydrogen-bond acceptors (Lipinski definition) is 5. The summed E-state index contributed by atoms with van der Waals surface area (Å²) in [4.78, 5) is 28.0. The lowest BCUT2D eigenvalue weighted by Crippen LogP contribution is -2.52. The van der Waals surface area contributed by atoms with Crippen molar-refractivity contribution < 1.29 is 19.1 Å². The van der Waals surface area contributed by atoms with Gasteiger partial charge in [-0.1, -0.05) is 36.4 Å². The maximum Gasteiger partial charge on any atom is 0.265 e. The van der Waals surface area contributed by atoms with Crippen molar-refractivity contribution in [2.75, 3.05) is 20.7 Å². The second-order valence-electron chi connectivity index (χ2n) is 7.28. The maximum absolute atomic E-state index is 12.7. The molecular weight excluding hydrogens is 424 g/mol. The van der Waals surface area contributed by atoms with Crippen LogP contribution < -0.4 is 9.47 Å². The zero-order chi connectivity index (χ0) is 23.3. The Morgan fingerprint density at radius 1 is 1.03 bits per heavy atom. The minimum Gasteiger partial charge on any atom is -0.490 e. The van der Waals surface area contributed by atoms with Crippen LogP contribution in [0.2, 0.25) is 0 Å². The number of carbonyl (C=O) groups excluding carboxylic acids is 2. The normalized spacial score (nSPS) is 14.0. The number of likely N-dealkylation sites (N-methyl/N-ethyl adjacent to an activating group) is 2. The number of ether oxygens (including phenoxy) is 2. The average Bonchev–Trinajstić information content (AvgIpc) is 2.80. The fourth-order valence-corrected chi connectivity index (χ4v) is 3.54. The number of amides is 2. The molecule has 3 rings (SSSR count). The summed E-state index contributed by atoms with van der Waals surface area (Å²) in [5.74, 6) is 0.286. The van der Waals surface area contributed by atoms with Gasteiger partial charge < -0.3 is 9.47 Å². The van der Waals surface area contributed by atoms with Crippen molar-refractivity contribution >= 4 is 35.2 Å². The summed E-state index contributed by atoms with van der Waals surface area (Å²) in [6.45, 7) is 6.55. The first-order valence-electron chi connectivity index (χ1n) is 10.3. The topological polar surface area (TPSA) is 59.1 Å². The lowest BCUT2D eigenvalue weighted by Gasteiger charge is -2.31. The standard InChI is InChI=1S/C25H26N2O4S/c1-5-10-19-13-18(14-20-23(28)26(3)25(32)27(4)24(20)29)15-21(30-6-2)22(19)31-16-17-11-8-7-9-12-17/h5,7-9,11-15H,1,6,10,16H2,2-4H3. The van der Waals surface area contributed by atoms with E-state index in [9.17, 15) is 9.59 Å². The molecule has 1 heterocycles. The second-order valence-corrected chi connectivity index (χ2v) is 7.64. The lowest BCUT2D eigenvalue weighted by atomic mass is 10.0. The molecule has 2 aromatic carbocycles. The summed E-state index contributed by atoms with van der Waals surface area (Å²) < 4.78 is 12.0. The van der Waals surface area contributed by atoms with Gasteiger partial charge in [0.2, 0.25) is 0 Å². The highest BCUT2D eigenvalue weighted by molar-refractivity contribution is 7.80. The van der Waals surface area contributed by atoms with E-state index >= 15 is 0 Å². The molecule has 1 aliphatic heterocycles. The molecule has 32 heavy (non-hydrogen) atoms. The number of hydrogen-bond donors (Lipinski definition) is 0. The van der Waals surface area contributed by atoms with Crippen LogP contribution >= 0.6 is 12.2 Å². The summed E-state index contributed by atoms with van der Waals surface area (Å²) in [7, 11) is 3.10. The molecule has 0 aromatic heterocycles. The van der Waals surface area contributed by atoms with Crippen molar-refractivity contribution in [3.05, 3.63) is 77.4 Å². The summed E-state index contributed by atoms with van der Waals surface area (Å²) >= 11 is 5.16. The number of allylic oxidation sites excluding steroid dienone is 1. The van der Waals surface area contributed by atoms with E-state index in [0.29, 0.717) is 36.7 Å². The molecule has 1 aliphatic rings. The summed E-state index contributed by atoms with van der Waals surface area (Å²) in [5.41, 5.74) is 2.57. The molecular formula is C25H26N2O4S. The maximum atomic E-state index is 12.7. The smallest absolute Gasteiger partial charge is 0.265 e. The Kier molecular flexibility index (Phi) is 7.43. The molecule has 7 heteroatoms. The zero-order valence-corrected chi connectivity index (χ0v) is 19.3. The number of rotatable bonds is 8. The van der Waals surface area contributed by atoms with Crippen LogP contribution in [0, 0.1) is 0 Å². The molecule has 0 bridgehead atoms. The van der Waals surface area contributed by atoms with E-state index in [1.807, 2.05) is 43.3 Å². The van der Waals surface area contributed by atoms with Crippen LogP contribution in [-0.4, -0.2) is 47.4 Å². The number of nitrogens with zero attached hydrogens (tertiary/aromatic N) is 2.